The van der Waals surface area contributed by atoms with Crippen LogP contribution in [-0.4, -0.2) is 29.0 Å². The van der Waals surface area contributed by atoms with Crippen molar-refractivity contribution in [2.24, 2.45) is 5.92 Å². The highest BCUT2D eigenvalue weighted by atomic mass is 16.5. The van der Waals surface area contributed by atoms with E-state index in [0.717, 1.165) is 5.69 Å². The van der Waals surface area contributed by atoms with E-state index >= 15 is 0 Å². The van der Waals surface area contributed by atoms with Gasteiger partial charge in [-0.25, -0.2) is 4.68 Å². The molecule has 0 aliphatic carbocycles. The molecule has 0 spiro atoms. The molecule has 1 heterocycles. The predicted molar refractivity (Wildman–Crippen MR) is 72.9 cm³/mol. The Morgan fingerprint density at radius 2 is 2.11 bits per heavy atom. The van der Waals surface area contributed by atoms with Crippen molar-refractivity contribution in [3.63, 3.8) is 0 Å². The fourth-order valence-electron chi connectivity index (χ4n) is 1.48. The first-order chi connectivity index (χ1) is 8.49. The molecule has 1 rings (SSSR count). The summed E-state index contributed by atoms with van der Waals surface area (Å²) in [5, 5.41) is 7.26. The fraction of sp³-hybridized carbons (Fsp3) is 0.692. The molecule has 1 aromatic heterocycles. The average molecular weight is 253 g/mol. The fourth-order valence-corrected chi connectivity index (χ4v) is 1.48. The summed E-state index contributed by atoms with van der Waals surface area (Å²) >= 11 is 0. The van der Waals surface area contributed by atoms with E-state index in [4.69, 9.17) is 4.74 Å². The summed E-state index contributed by atoms with van der Waals surface area (Å²) in [6.07, 6.45) is 1.67. The summed E-state index contributed by atoms with van der Waals surface area (Å²) in [7, 11) is 0. The molecule has 0 fully saturated rings. The minimum atomic E-state index is -0.103. The zero-order chi connectivity index (χ0) is 13.5. The molecule has 0 amide bonds. The topological polar surface area (TPSA) is 56.1 Å². The van der Waals surface area contributed by atoms with Gasteiger partial charge in [0.15, 0.2) is 0 Å². The van der Waals surface area contributed by atoms with Crippen LogP contribution in [0.15, 0.2) is 17.1 Å². The first kappa shape index (κ1) is 14.7. The van der Waals surface area contributed by atoms with E-state index in [2.05, 4.69) is 24.3 Å². The van der Waals surface area contributed by atoms with Crippen molar-refractivity contribution >= 4 is 5.69 Å². The molecule has 1 aromatic rings. The first-order valence-corrected chi connectivity index (χ1v) is 6.40. The second-order valence-electron chi connectivity index (χ2n) is 5.07. The predicted octanol–water partition coefficient (Wildman–Crippen LogP) is 1.74. The Kier molecular flexibility index (Phi) is 5.85. The van der Waals surface area contributed by atoms with E-state index in [1.54, 1.807) is 12.3 Å². The molecule has 18 heavy (non-hydrogen) atoms. The SMILES string of the molecule is CC(C)COCCn1ncc(NC(C)C)cc1=O. The summed E-state index contributed by atoms with van der Waals surface area (Å²) in [5.41, 5.74) is 0.656. The van der Waals surface area contributed by atoms with Crippen molar-refractivity contribution in [1.29, 1.82) is 0 Å². The van der Waals surface area contributed by atoms with Gasteiger partial charge >= 0.3 is 0 Å². The molecule has 0 unspecified atom stereocenters. The number of nitrogens with zero attached hydrogens (tertiary/aromatic N) is 2. The minimum Gasteiger partial charge on any atom is -0.381 e. The van der Waals surface area contributed by atoms with Gasteiger partial charge in [-0.3, -0.25) is 4.79 Å². The highest BCUT2D eigenvalue weighted by Gasteiger charge is 2.01. The molecular formula is C13H23N3O2. The van der Waals surface area contributed by atoms with Crippen LogP contribution in [0.2, 0.25) is 0 Å². The van der Waals surface area contributed by atoms with Gasteiger partial charge in [0.2, 0.25) is 0 Å². The lowest BCUT2D eigenvalue weighted by atomic mass is 10.2. The highest BCUT2D eigenvalue weighted by Crippen LogP contribution is 2.01. The van der Waals surface area contributed by atoms with Crippen LogP contribution in [0.5, 0.6) is 0 Å². The van der Waals surface area contributed by atoms with E-state index in [1.807, 2.05) is 13.8 Å². The Bertz CT molecular complexity index is 413. The second-order valence-corrected chi connectivity index (χ2v) is 5.07. The molecule has 0 aliphatic heterocycles. The second kappa shape index (κ2) is 7.16. The Morgan fingerprint density at radius 1 is 1.39 bits per heavy atom. The van der Waals surface area contributed by atoms with Gasteiger partial charge in [0.25, 0.3) is 5.56 Å². The normalized spacial score (nSPS) is 11.2. The van der Waals surface area contributed by atoms with Crippen molar-refractivity contribution in [3.05, 3.63) is 22.6 Å². The summed E-state index contributed by atoms with van der Waals surface area (Å²) in [6, 6.07) is 1.85. The maximum absolute atomic E-state index is 11.8. The van der Waals surface area contributed by atoms with Crippen LogP contribution >= 0.6 is 0 Å². The van der Waals surface area contributed by atoms with Crippen molar-refractivity contribution in [3.8, 4) is 0 Å². The van der Waals surface area contributed by atoms with Gasteiger partial charge in [-0.2, -0.15) is 5.10 Å². The first-order valence-electron chi connectivity index (χ1n) is 6.40. The average Bonchev–Trinajstić information content (AvgIpc) is 2.25. The monoisotopic (exact) mass is 253 g/mol. The van der Waals surface area contributed by atoms with Crippen molar-refractivity contribution in [2.75, 3.05) is 18.5 Å². The molecule has 5 nitrogen and oxygen atoms in total. The third kappa shape index (κ3) is 5.31. The Hall–Kier alpha value is -1.36. The molecule has 0 bridgehead atoms. The third-order valence-electron chi connectivity index (χ3n) is 2.22. The van der Waals surface area contributed by atoms with Crippen molar-refractivity contribution < 1.29 is 4.74 Å². The maximum atomic E-state index is 11.8. The molecular weight excluding hydrogens is 230 g/mol. The van der Waals surface area contributed by atoms with Crippen molar-refractivity contribution in [1.82, 2.24) is 9.78 Å². The van der Waals surface area contributed by atoms with Crippen LogP contribution < -0.4 is 10.9 Å². The number of anilines is 1. The molecule has 0 saturated carbocycles. The van der Waals surface area contributed by atoms with Gasteiger partial charge in [-0.1, -0.05) is 13.8 Å². The lowest BCUT2D eigenvalue weighted by molar-refractivity contribution is 0.100. The van der Waals surface area contributed by atoms with Crippen molar-refractivity contribution in [2.45, 2.75) is 40.3 Å². The third-order valence-corrected chi connectivity index (χ3v) is 2.22. The number of ether oxygens (including phenoxy) is 1. The van der Waals surface area contributed by atoms with Gasteiger partial charge < -0.3 is 10.1 Å². The van der Waals surface area contributed by atoms with Crippen LogP contribution in [0, 0.1) is 5.92 Å². The van der Waals surface area contributed by atoms with Crippen LogP contribution in [0.3, 0.4) is 0 Å². The minimum absolute atomic E-state index is 0.103. The van der Waals surface area contributed by atoms with Gasteiger partial charge in [0.05, 0.1) is 25.0 Å². The number of hydrogen-bond donors (Lipinski definition) is 1. The Labute approximate surface area is 108 Å². The summed E-state index contributed by atoms with van der Waals surface area (Å²) in [4.78, 5) is 11.8. The zero-order valence-electron chi connectivity index (χ0n) is 11.6. The number of nitrogens with one attached hydrogen (secondary N) is 1. The number of hydrogen-bond acceptors (Lipinski definition) is 4. The Morgan fingerprint density at radius 3 is 2.67 bits per heavy atom. The van der Waals surface area contributed by atoms with E-state index in [0.29, 0.717) is 25.7 Å². The standard InChI is InChI=1S/C13H23N3O2/c1-10(2)9-18-6-5-16-13(17)7-12(8-14-16)15-11(3)4/h7-8,10-11,15H,5-6,9H2,1-4H3. The van der Waals surface area contributed by atoms with Gasteiger partial charge in [-0.05, 0) is 19.8 Å². The smallest absolute Gasteiger partial charge is 0.268 e. The van der Waals surface area contributed by atoms with Gasteiger partial charge in [0, 0.05) is 18.7 Å². The molecule has 0 radical (unpaired) electrons. The summed E-state index contributed by atoms with van der Waals surface area (Å²) in [5.74, 6) is 0.507. The van der Waals surface area contributed by atoms with E-state index in [1.165, 1.54) is 4.68 Å². The summed E-state index contributed by atoms with van der Waals surface area (Å²) < 4.78 is 6.86. The van der Waals surface area contributed by atoms with Crippen LogP contribution in [0.4, 0.5) is 5.69 Å². The highest BCUT2D eigenvalue weighted by molar-refractivity contribution is 5.39. The van der Waals surface area contributed by atoms with Gasteiger partial charge in [-0.15, -0.1) is 0 Å². The number of rotatable bonds is 7. The zero-order valence-corrected chi connectivity index (χ0v) is 11.6. The number of aromatic nitrogens is 2. The molecule has 0 atom stereocenters. The lowest BCUT2D eigenvalue weighted by Gasteiger charge is -2.11. The molecule has 102 valence electrons. The van der Waals surface area contributed by atoms with E-state index < -0.39 is 0 Å². The maximum Gasteiger partial charge on any atom is 0.268 e. The molecule has 5 heteroatoms. The largest absolute Gasteiger partial charge is 0.381 e. The van der Waals surface area contributed by atoms with E-state index in [-0.39, 0.29) is 11.6 Å². The lowest BCUT2D eigenvalue weighted by Crippen LogP contribution is -2.25. The summed E-state index contributed by atoms with van der Waals surface area (Å²) in [6.45, 7) is 9.95. The van der Waals surface area contributed by atoms with Gasteiger partial charge in [0.1, 0.15) is 0 Å². The van der Waals surface area contributed by atoms with Crippen LogP contribution in [0.25, 0.3) is 0 Å². The Balaban J connectivity index is 2.50. The van der Waals surface area contributed by atoms with Crippen LogP contribution in [0.1, 0.15) is 27.7 Å². The molecule has 0 saturated heterocycles. The molecule has 0 aliphatic rings. The van der Waals surface area contributed by atoms with E-state index in [9.17, 15) is 4.79 Å². The molecule has 1 N–H and O–H groups in total. The quantitative estimate of drug-likeness (QED) is 0.752. The van der Waals surface area contributed by atoms with Crippen LogP contribution in [-0.2, 0) is 11.3 Å². The molecule has 0 aromatic carbocycles.